The Bertz CT molecular complexity index is 1460. The number of hydrogen-bond donors (Lipinski definition) is 0. The highest BCUT2D eigenvalue weighted by molar-refractivity contribution is 6.42. The van der Waals surface area contributed by atoms with Crippen LogP contribution in [-0.4, -0.2) is 73.0 Å². The van der Waals surface area contributed by atoms with Crippen molar-refractivity contribution in [1.82, 2.24) is 14.7 Å². The van der Waals surface area contributed by atoms with Crippen LogP contribution in [0, 0.1) is 28.6 Å². The van der Waals surface area contributed by atoms with Crippen molar-refractivity contribution in [3.8, 4) is 12.1 Å². The average molecular weight is 575 g/mol. The Labute approximate surface area is 246 Å². The third-order valence-electron chi connectivity index (χ3n) is 8.44. The summed E-state index contributed by atoms with van der Waals surface area (Å²) in [6, 6.07) is 22.1. The lowest BCUT2D eigenvalue weighted by Gasteiger charge is -2.47. The third kappa shape index (κ3) is 6.27. The standard InChI is InChI=1S/C32H33Cl2N5O/c1-37(32(40)29-15-23(18-36)14-25-4-2-3-5-28(25)29)19-26(24-6-7-30(33)31(34)16-24)10-11-38-20-27(21-38)39-12-8-22(17-35)9-13-39/h2-7,14-16,22,26-27H,8-13,19-21H2,1H3. The first-order valence-corrected chi connectivity index (χ1v) is 14.6. The van der Waals surface area contributed by atoms with Gasteiger partial charge in [-0.25, -0.2) is 0 Å². The van der Waals surface area contributed by atoms with Crippen molar-refractivity contribution < 1.29 is 4.79 Å². The molecule has 1 amide bonds. The maximum atomic E-state index is 13.7. The van der Waals surface area contributed by atoms with E-state index in [4.69, 9.17) is 23.2 Å². The van der Waals surface area contributed by atoms with Gasteiger partial charge < -0.3 is 9.80 Å². The number of carbonyl (C=O) groups excluding carboxylic acids is 1. The van der Waals surface area contributed by atoms with Gasteiger partial charge in [-0.15, -0.1) is 0 Å². The number of amides is 1. The monoisotopic (exact) mass is 573 g/mol. The number of carbonyl (C=O) groups is 1. The second kappa shape index (κ2) is 12.6. The largest absolute Gasteiger partial charge is 0.341 e. The van der Waals surface area contributed by atoms with Crippen molar-refractivity contribution in [3.63, 3.8) is 0 Å². The van der Waals surface area contributed by atoms with Gasteiger partial charge in [0.2, 0.25) is 0 Å². The van der Waals surface area contributed by atoms with Crippen LogP contribution in [0.2, 0.25) is 10.0 Å². The number of nitrogens with zero attached hydrogens (tertiary/aromatic N) is 5. The summed E-state index contributed by atoms with van der Waals surface area (Å²) in [6.45, 7) is 5.53. The average Bonchev–Trinajstić information content (AvgIpc) is 2.96. The molecule has 6 nitrogen and oxygen atoms in total. The minimum absolute atomic E-state index is 0.0690. The minimum atomic E-state index is -0.108. The van der Waals surface area contributed by atoms with Crippen LogP contribution in [-0.2, 0) is 0 Å². The molecule has 40 heavy (non-hydrogen) atoms. The van der Waals surface area contributed by atoms with Crippen LogP contribution in [0.4, 0.5) is 0 Å². The Morgan fingerprint density at radius 3 is 2.50 bits per heavy atom. The number of piperidine rings is 1. The Kier molecular flexibility index (Phi) is 8.94. The van der Waals surface area contributed by atoms with Crippen molar-refractivity contribution in [3.05, 3.63) is 81.3 Å². The number of halogens is 2. The molecule has 2 aliphatic heterocycles. The maximum absolute atomic E-state index is 13.7. The van der Waals surface area contributed by atoms with E-state index in [0.29, 0.717) is 33.8 Å². The molecule has 1 unspecified atom stereocenters. The topological polar surface area (TPSA) is 74.4 Å². The quantitative estimate of drug-likeness (QED) is 0.321. The third-order valence-corrected chi connectivity index (χ3v) is 9.18. The molecule has 0 saturated carbocycles. The highest BCUT2D eigenvalue weighted by atomic mass is 35.5. The summed E-state index contributed by atoms with van der Waals surface area (Å²) in [4.78, 5) is 20.5. The molecule has 0 aromatic heterocycles. The summed E-state index contributed by atoms with van der Waals surface area (Å²) < 4.78 is 0. The van der Waals surface area contributed by atoms with Gasteiger partial charge in [0.05, 0.1) is 27.7 Å². The second-order valence-corrected chi connectivity index (χ2v) is 11.9. The lowest BCUT2D eigenvalue weighted by molar-refractivity contribution is 0.0168. The van der Waals surface area contributed by atoms with E-state index < -0.39 is 0 Å². The number of hydrogen-bond acceptors (Lipinski definition) is 5. The molecular weight excluding hydrogens is 541 g/mol. The molecule has 3 aromatic rings. The lowest BCUT2D eigenvalue weighted by Crippen LogP contribution is -2.60. The van der Waals surface area contributed by atoms with Crippen LogP contribution < -0.4 is 0 Å². The predicted molar refractivity (Wildman–Crippen MR) is 160 cm³/mol. The molecule has 0 aliphatic carbocycles. The molecule has 2 saturated heterocycles. The van der Waals surface area contributed by atoms with E-state index >= 15 is 0 Å². The number of rotatable bonds is 8. The molecule has 1 atom stereocenters. The van der Waals surface area contributed by atoms with Crippen LogP contribution in [0.25, 0.3) is 10.8 Å². The molecule has 2 heterocycles. The zero-order valence-electron chi connectivity index (χ0n) is 22.7. The van der Waals surface area contributed by atoms with Crippen molar-refractivity contribution in [1.29, 1.82) is 10.5 Å². The second-order valence-electron chi connectivity index (χ2n) is 11.1. The van der Waals surface area contributed by atoms with Crippen molar-refractivity contribution in [2.75, 3.05) is 46.3 Å². The molecule has 206 valence electrons. The molecular formula is C32H33Cl2N5O. The van der Waals surface area contributed by atoms with Gasteiger partial charge in [0.25, 0.3) is 5.91 Å². The van der Waals surface area contributed by atoms with Crippen LogP contribution in [0.1, 0.15) is 46.7 Å². The van der Waals surface area contributed by atoms with Gasteiger partial charge in [0.1, 0.15) is 0 Å². The van der Waals surface area contributed by atoms with E-state index in [9.17, 15) is 15.3 Å². The maximum Gasteiger partial charge on any atom is 0.254 e. The highest BCUT2D eigenvalue weighted by Gasteiger charge is 2.34. The van der Waals surface area contributed by atoms with Gasteiger partial charge in [-0.05, 0) is 79.5 Å². The highest BCUT2D eigenvalue weighted by Crippen LogP contribution is 2.31. The van der Waals surface area contributed by atoms with Crippen LogP contribution >= 0.6 is 23.2 Å². The minimum Gasteiger partial charge on any atom is -0.341 e. The molecule has 2 fully saturated rings. The Hall–Kier alpha value is -3.13. The van der Waals surface area contributed by atoms with E-state index in [-0.39, 0.29) is 17.7 Å². The summed E-state index contributed by atoms with van der Waals surface area (Å²) in [5.41, 5.74) is 2.07. The summed E-state index contributed by atoms with van der Waals surface area (Å²) in [5, 5.41) is 21.5. The fourth-order valence-corrected chi connectivity index (χ4v) is 6.30. The van der Waals surface area contributed by atoms with Gasteiger partial charge in [-0.2, -0.15) is 10.5 Å². The van der Waals surface area contributed by atoms with E-state index in [2.05, 4.69) is 21.9 Å². The normalized spacial score (nSPS) is 17.6. The van der Waals surface area contributed by atoms with E-state index in [0.717, 1.165) is 68.3 Å². The van der Waals surface area contributed by atoms with E-state index in [1.165, 1.54) is 0 Å². The fraction of sp³-hybridized carbons (Fsp3) is 0.406. The number of likely N-dealkylation sites (N-methyl/N-ethyl adjacent to an activating group) is 1. The Morgan fingerprint density at radius 1 is 1.05 bits per heavy atom. The first-order valence-electron chi connectivity index (χ1n) is 13.9. The van der Waals surface area contributed by atoms with Crippen molar-refractivity contribution in [2.45, 2.75) is 31.2 Å². The smallest absolute Gasteiger partial charge is 0.254 e. The van der Waals surface area contributed by atoms with Gasteiger partial charge in [0, 0.05) is 50.1 Å². The van der Waals surface area contributed by atoms with Crippen molar-refractivity contribution in [2.24, 2.45) is 5.92 Å². The molecule has 0 spiro atoms. The molecule has 0 bridgehead atoms. The number of fused-ring (bicyclic) bond motifs is 1. The Morgan fingerprint density at radius 2 is 1.80 bits per heavy atom. The van der Waals surface area contributed by atoms with Gasteiger partial charge >= 0.3 is 0 Å². The van der Waals surface area contributed by atoms with Gasteiger partial charge in [0.15, 0.2) is 0 Å². The van der Waals surface area contributed by atoms with Crippen molar-refractivity contribution >= 4 is 39.9 Å². The van der Waals surface area contributed by atoms with Crippen LogP contribution in [0.15, 0.2) is 54.6 Å². The molecule has 0 radical (unpaired) electrons. The van der Waals surface area contributed by atoms with Crippen LogP contribution in [0.3, 0.4) is 0 Å². The molecule has 8 heteroatoms. The zero-order valence-corrected chi connectivity index (χ0v) is 24.2. The number of likely N-dealkylation sites (tertiary alicyclic amines) is 2. The first kappa shape index (κ1) is 28.4. The summed E-state index contributed by atoms with van der Waals surface area (Å²) in [7, 11) is 1.82. The summed E-state index contributed by atoms with van der Waals surface area (Å²) in [5.74, 6) is 0.169. The predicted octanol–water partition coefficient (Wildman–Crippen LogP) is 6.18. The van der Waals surface area contributed by atoms with E-state index in [1.807, 2.05) is 55.6 Å². The van der Waals surface area contributed by atoms with Gasteiger partial charge in [-0.1, -0.05) is 53.5 Å². The first-order chi connectivity index (χ1) is 19.4. The molecule has 0 N–H and O–H groups in total. The zero-order chi connectivity index (χ0) is 28.2. The van der Waals surface area contributed by atoms with Gasteiger partial charge in [-0.3, -0.25) is 9.69 Å². The summed E-state index contributed by atoms with van der Waals surface area (Å²) in [6.07, 6.45) is 2.82. The number of benzene rings is 3. The fourth-order valence-electron chi connectivity index (χ4n) is 5.99. The number of nitriles is 2. The van der Waals surface area contributed by atoms with E-state index in [1.54, 1.807) is 11.0 Å². The lowest BCUT2D eigenvalue weighted by atomic mass is 9.92. The van der Waals surface area contributed by atoms with Crippen LogP contribution in [0.5, 0.6) is 0 Å². The Balaban J connectivity index is 1.27. The molecule has 5 rings (SSSR count). The molecule has 2 aliphatic rings. The molecule has 3 aromatic carbocycles. The summed E-state index contributed by atoms with van der Waals surface area (Å²) >= 11 is 12.6. The SMILES string of the molecule is CN(CC(CCN1CC(N2CCC(C#N)CC2)C1)c1ccc(Cl)c(Cl)c1)C(=O)c1cc(C#N)cc2ccccc12.